The molecule has 0 bridgehead atoms. The summed E-state index contributed by atoms with van der Waals surface area (Å²) in [5.74, 6) is 1.75. The fraction of sp³-hybridized carbons (Fsp3) is 0.533. The van der Waals surface area contributed by atoms with E-state index in [1.165, 1.54) is 36.1 Å². The Labute approximate surface area is 113 Å². The molecule has 0 unspecified atom stereocenters. The van der Waals surface area contributed by atoms with E-state index in [1.807, 2.05) is 11.8 Å². The fourth-order valence-electron chi connectivity index (χ4n) is 2.57. The molecule has 96 valence electrons. The number of nitrogens with one attached hydrogen (secondary N) is 1. The van der Waals surface area contributed by atoms with Crippen LogP contribution in [0.3, 0.4) is 0 Å². The summed E-state index contributed by atoms with van der Waals surface area (Å²) in [5.41, 5.74) is 4.25. The summed E-state index contributed by atoms with van der Waals surface area (Å²) in [6.45, 7) is 4.49. The fourth-order valence-corrected chi connectivity index (χ4v) is 3.76. The zero-order valence-corrected chi connectivity index (χ0v) is 11.9. The Bertz CT molecular complexity index is 479. The predicted octanol–water partition coefficient (Wildman–Crippen LogP) is 3.71. The first-order valence-electron chi connectivity index (χ1n) is 6.82. The Morgan fingerprint density at radius 3 is 2.89 bits per heavy atom. The van der Waals surface area contributed by atoms with Gasteiger partial charge in [-0.2, -0.15) is 0 Å². The minimum atomic E-state index is 0.479. The number of hydrogen-bond donors (Lipinski definition) is 1. The van der Waals surface area contributed by atoms with Gasteiger partial charge in [0, 0.05) is 11.4 Å². The van der Waals surface area contributed by atoms with Gasteiger partial charge in [-0.1, -0.05) is 31.7 Å². The highest BCUT2D eigenvalue weighted by Crippen LogP contribution is 2.28. The highest BCUT2D eigenvalue weighted by atomic mass is 32.2. The minimum Gasteiger partial charge on any atom is -0.335 e. The van der Waals surface area contributed by atoms with Crippen molar-refractivity contribution in [1.29, 1.82) is 0 Å². The molecule has 0 saturated carbocycles. The molecule has 0 radical (unpaired) electrons. The van der Waals surface area contributed by atoms with Crippen LogP contribution in [0.5, 0.6) is 0 Å². The average Bonchev–Trinajstić information content (AvgIpc) is 2.96. The second-order valence-electron chi connectivity index (χ2n) is 5.52. The van der Waals surface area contributed by atoms with E-state index in [9.17, 15) is 0 Å². The maximum Gasteiger partial charge on any atom is 0.161 e. The number of benzene rings is 1. The Kier molecular flexibility index (Phi) is 3.33. The monoisotopic (exact) mass is 260 g/mol. The molecule has 0 aromatic heterocycles. The molecular weight excluding hydrogens is 240 g/mol. The van der Waals surface area contributed by atoms with Crippen molar-refractivity contribution in [2.45, 2.75) is 39.2 Å². The first-order chi connectivity index (χ1) is 8.72. The van der Waals surface area contributed by atoms with Gasteiger partial charge in [-0.15, -0.1) is 0 Å². The second kappa shape index (κ2) is 4.96. The summed E-state index contributed by atoms with van der Waals surface area (Å²) >= 11 is 1.85. The van der Waals surface area contributed by atoms with Crippen molar-refractivity contribution < 1.29 is 0 Å². The van der Waals surface area contributed by atoms with E-state index in [1.54, 1.807) is 0 Å². The molecule has 1 atom stereocenters. The molecule has 1 aromatic carbocycles. The average molecular weight is 260 g/mol. The number of thioether (sulfide) groups is 1. The molecule has 0 amide bonds. The van der Waals surface area contributed by atoms with E-state index in [4.69, 9.17) is 4.99 Å². The number of fused-ring (bicyclic) bond motifs is 1. The predicted molar refractivity (Wildman–Crippen MR) is 80.6 cm³/mol. The van der Waals surface area contributed by atoms with Gasteiger partial charge < -0.3 is 5.32 Å². The van der Waals surface area contributed by atoms with Crippen molar-refractivity contribution in [1.82, 2.24) is 0 Å². The first kappa shape index (κ1) is 12.1. The molecule has 1 N–H and O–H groups in total. The smallest absolute Gasteiger partial charge is 0.161 e. The van der Waals surface area contributed by atoms with Gasteiger partial charge in [0.25, 0.3) is 0 Å². The summed E-state index contributed by atoms with van der Waals surface area (Å²) in [4.78, 5) is 4.74. The van der Waals surface area contributed by atoms with Crippen LogP contribution in [0.25, 0.3) is 0 Å². The van der Waals surface area contributed by atoms with Gasteiger partial charge in [0.05, 0.1) is 6.04 Å². The third-order valence-electron chi connectivity index (χ3n) is 3.79. The van der Waals surface area contributed by atoms with Crippen LogP contribution in [0.4, 0.5) is 5.69 Å². The molecule has 3 rings (SSSR count). The summed E-state index contributed by atoms with van der Waals surface area (Å²) in [6.07, 6.45) is 3.80. The van der Waals surface area contributed by atoms with Gasteiger partial charge in [-0.3, -0.25) is 4.99 Å². The molecule has 1 heterocycles. The van der Waals surface area contributed by atoms with E-state index >= 15 is 0 Å². The standard InChI is InChI=1S/C15H20N2S/c1-10(2)14-9-18-15(17-14)16-13-7-6-11-4-3-5-12(11)8-13/h6-8,10,14H,3-5,9H2,1-2H3,(H,16,17)/t14-/m1/s1. The normalized spacial score (nSPS) is 22.2. The number of aryl methyl sites for hydroxylation is 2. The first-order valence-corrected chi connectivity index (χ1v) is 7.80. The van der Waals surface area contributed by atoms with Gasteiger partial charge in [0.15, 0.2) is 5.17 Å². The Morgan fingerprint density at radius 1 is 1.28 bits per heavy atom. The summed E-state index contributed by atoms with van der Waals surface area (Å²) < 4.78 is 0. The molecule has 2 nitrogen and oxygen atoms in total. The molecule has 0 fully saturated rings. The summed E-state index contributed by atoms with van der Waals surface area (Å²) in [5, 5.41) is 4.56. The van der Waals surface area contributed by atoms with E-state index in [-0.39, 0.29) is 0 Å². The molecule has 1 aliphatic carbocycles. The van der Waals surface area contributed by atoms with Crippen LogP contribution in [-0.2, 0) is 12.8 Å². The Hall–Kier alpha value is -0.960. The second-order valence-corrected chi connectivity index (χ2v) is 6.53. The van der Waals surface area contributed by atoms with Crippen LogP contribution in [-0.4, -0.2) is 17.0 Å². The number of amidine groups is 1. The van der Waals surface area contributed by atoms with Gasteiger partial charge in [0.1, 0.15) is 0 Å². The van der Waals surface area contributed by atoms with Crippen molar-refractivity contribution >= 4 is 22.6 Å². The molecule has 0 saturated heterocycles. The molecule has 2 aliphatic rings. The lowest BCUT2D eigenvalue weighted by Crippen LogP contribution is -2.12. The Morgan fingerprint density at radius 2 is 2.11 bits per heavy atom. The van der Waals surface area contributed by atoms with Gasteiger partial charge in [-0.05, 0) is 48.4 Å². The molecule has 0 spiro atoms. The lowest BCUT2D eigenvalue weighted by molar-refractivity contribution is 0.543. The third kappa shape index (κ3) is 2.41. The van der Waals surface area contributed by atoms with Crippen molar-refractivity contribution in [2.24, 2.45) is 10.9 Å². The highest BCUT2D eigenvalue weighted by molar-refractivity contribution is 8.14. The van der Waals surface area contributed by atoms with Gasteiger partial charge in [0.2, 0.25) is 0 Å². The van der Waals surface area contributed by atoms with E-state index in [0.717, 1.165) is 10.9 Å². The number of hydrogen-bond acceptors (Lipinski definition) is 3. The number of aliphatic imine (C=N–C) groups is 1. The van der Waals surface area contributed by atoms with Crippen molar-refractivity contribution in [3.05, 3.63) is 29.3 Å². The minimum absolute atomic E-state index is 0.479. The summed E-state index contributed by atoms with van der Waals surface area (Å²) in [6, 6.07) is 7.24. The SMILES string of the molecule is CC(C)[C@H]1CSC(Nc2ccc3c(c2)CCC3)=N1. The van der Waals surface area contributed by atoms with Crippen molar-refractivity contribution in [3.8, 4) is 0 Å². The maximum absolute atomic E-state index is 4.74. The third-order valence-corrected chi connectivity index (χ3v) is 4.78. The van der Waals surface area contributed by atoms with E-state index in [2.05, 4.69) is 37.4 Å². The van der Waals surface area contributed by atoms with Crippen LogP contribution < -0.4 is 5.32 Å². The van der Waals surface area contributed by atoms with Crippen LogP contribution in [0.2, 0.25) is 0 Å². The van der Waals surface area contributed by atoms with E-state index in [0.29, 0.717) is 12.0 Å². The maximum atomic E-state index is 4.74. The number of nitrogens with zero attached hydrogens (tertiary/aromatic N) is 1. The molecule has 3 heteroatoms. The quantitative estimate of drug-likeness (QED) is 0.876. The lowest BCUT2D eigenvalue weighted by Gasteiger charge is -2.08. The number of anilines is 1. The van der Waals surface area contributed by atoms with Crippen LogP contribution in [0.1, 0.15) is 31.4 Å². The van der Waals surface area contributed by atoms with Crippen molar-refractivity contribution in [2.75, 3.05) is 11.1 Å². The zero-order chi connectivity index (χ0) is 12.5. The number of rotatable bonds is 2. The van der Waals surface area contributed by atoms with Crippen LogP contribution >= 0.6 is 11.8 Å². The molecule has 1 aromatic rings. The largest absolute Gasteiger partial charge is 0.335 e. The van der Waals surface area contributed by atoms with Crippen molar-refractivity contribution in [3.63, 3.8) is 0 Å². The van der Waals surface area contributed by atoms with Crippen LogP contribution in [0.15, 0.2) is 23.2 Å². The van der Waals surface area contributed by atoms with Gasteiger partial charge >= 0.3 is 0 Å². The van der Waals surface area contributed by atoms with E-state index < -0.39 is 0 Å². The Balaban J connectivity index is 1.72. The van der Waals surface area contributed by atoms with Crippen LogP contribution in [0, 0.1) is 5.92 Å². The molecule has 18 heavy (non-hydrogen) atoms. The highest BCUT2D eigenvalue weighted by Gasteiger charge is 2.21. The topological polar surface area (TPSA) is 24.4 Å². The molecular formula is C15H20N2S. The summed E-state index contributed by atoms with van der Waals surface area (Å²) in [7, 11) is 0. The lowest BCUT2D eigenvalue weighted by atomic mass is 10.1. The zero-order valence-electron chi connectivity index (χ0n) is 11.1. The van der Waals surface area contributed by atoms with Gasteiger partial charge in [-0.25, -0.2) is 0 Å². The molecule has 1 aliphatic heterocycles.